The van der Waals surface area contributed by atoms with Crippen molar-refractivity contribution < 1.29 is 9.53 Å². The molecule has 17 heavy (non-hydrogen) atoms. The maximum absolute atomic E-state index is 11.2. The van der Waals surface area contributed by atoms with Crippen molar-refractivity contribution in [1.82, 2.24) is 0 Å². The van der Waals surface area contributed by atoms with Crippen molar-refractivity contribution in [3.05, 3.63) is 27.7 Å². The summed E-state index contributed by atoms with van der Waals surface area (Å²) in [6, 6.07) is 3.50. The molecule has 3 nitrogen and oxygen atoms in total. The molecule has 0 fully saturated rings. The van der Waals surface area contributed by atoms with Crippen LogP contribution < -0.4 is 5.32 Å². The normalized spacial score (nSPS) is 12.1. The van der Waals surface area contributed by atoms with Gasteiger partial charge in [0, 0.05) is 11.6 Å². The molecule has 0 aliphatic heterocycles. The predicted octanol–water partition coefficient (Wildman–Crippen LogP) is 3.65. The minimum Gasteiger partial charge on any atom is -0.468 e. The molecule has 1 atom stereocenters. The molecule has 0 aromatic heterocycles. The lowest BCUT2D eigenvalue weighted by molar-refractivity contribution is -0.139. The standard InChI is InChI=1S/C11H12BrCl2NO2/c1-6-3-9(14)10(4-8(6)13)15-5-7(12)11(16)17-2/h3-4,7,15H,5H2,1-2H3. The van der Waals surface area contributed by atoms with Gasteiger partial charge in [0.25, 0.3) is 0 Å². The van der Waals surface area contributed by atoms with E-state index in [1.165, 1.54) is 7.11 Å². The maximum Gasteiger partial charge on any atom is 0.321 e. The highest BCUT2D eigenvalue weighted by atomic mass is 79.9. The lowest BCUT2D eigenvalue weighted by atomic mass is 10.2. The first-order chi connectivity index (χ1) is 7.95. The maximum atomic E-state index is 11.2. The molecule has 0 saturated heterocycles. The summed E-state index contributed by atoms with van der Waals surface area (Å²) >= 11 is 15.2. The van der Waals surface area contributed by atoms with Crippen molar-refractivity contribution in [2.45, 2.75) is 11.8 Å². The highest BCUT2D eigenvalue weighted by Gasteiger charge is 2.15. The molecular weight excluding hydrogens is 329 g/mol. The van der Waals surface area contributed by atoms with Crippen LogP contribution in [0.5, 0.6) is 0 Å². The average molecular weight is 341 g/mol. The van der Waals surface area contributed by atoms with E-state index in [0.717, 1.165) is 5.56 Å². The number of esters is 1. The number of methoxy groups -OCH3 is 1. The summed E-state index contributed by atoms with van der Waals surface area (Å²) in [6.07, 6.45) is 0. The van der Waals surface area contributed by atoms with Gasteiger partial charge in [-0.05, 0) is 24.6 Å². The highest BCUT2D eigenvalue weighted by molar-refractivity contribution is 9.10. The number of benzene rings is 1. The number of rotatable bonds is 4. The lowest BCUT2D eigenvalue weighted by Gasteiger charge is -2.12. The van der Waals surface area contributed by atoms with E-state index in [2.05, 4.69) is 26.0 Å². The van der Waals surface area contributed by atoms with Gasteiger partial charge in [-0.25, -0.2) is 0 Å². The van der Waals surface area contributed by atoms with E-state index in [9.17, 15) is 4.79 Å². The van der Waals surface area contributed by atoms with Crippen LogP contribution in [-0.2, 0) is 9.53 Å². The van der Waals surface area contributed by atoms with E-state index in [4.69, 9.17) is 23.2 Å². The van der Waals surface area contributed by atoms with Crippen LogP contribution in [0.25, 0.3) is 0 Å². The molecule has 0 radical (unpaired) electrons. The molecule has 6 heteroatoms. The third kappa shape index (κ3) is 4.05. The molecule has 1 rings (SSSR count). The second-order valence-electron chi connectivity index (χ2n) is 3.45. The molecule has 1 aromatic carbocycles. The molecule has 0 bridgehead atoms. The molecule has 94 valence electrons. The first-order valence-corrected chi connectivity index (χ1v) is 6.54. The smallest absolute Gasteiger partial charge is 0.321 e. The Hall–Kier alpha value is -0.450. The predicted molar refractivity (Wildman–Crippen MR) is 74.4 cm³/mol. The van der Waals surface area contributed by atoms with E-state index in [0.29, 0.717) is 22.3 Å². The molecule has 0 heterocycles. The summed E-state index contributed by atoms with van der Waals surface area (Å²) in [6.45, 7) is 2.24. The molecule has 1 unspecified atom stereocenters. The monoisotopic (exact) mass is 339 g/mol. The molecule has 0 amide bonds. The Bertz CT molecular complexity index is 426. The summed E-state index contributed by atoms with van der Waals surface area (Å²) < 4.78 is 4.59. The molecule has 0 spiro atoms. The number of anilines is 1. The summed E-state index contributed by atoms with van der Waals surface area (Å²) in [5, 5.41) is 4.22. The number of carbonyl (C=O) groups is 1. The van der Waals surface area contributed by atoms with Crippen molar-refractivity contribution in [3.63, 3.8) is 0 Å². The van der Waals surface area contributed by atoms with Gasteiger partial charge in [0.1, 0.15) is 4.83 Å². The van der Waals surface area contributed by atoms with Gasteiger partial charge in [0.2, 0.25) is 0 Å². The molecule has 0 aliphatic rings. The summed E-state index contributed by atoms with van der Waals surface area (Å²) in [7, 11) is 1.34. The summed E-state index contributed by atoms with van der Waals surface area (Å²) in [5.74, 6) is -0.341. The van der Waals surface area contributed by atoms with Gasteiger partial charge in [0.05, 0.1) is 17.8 Å². The van der Waals surface area contributed by atoms with Gasteiger partial charge in [-0.3, -0.25) is 4.79 Å². The van der Waals surface area contributed by atoms with Crippen LogP contribution >= 0.6 is 39.1 Å². The van der Waals surface area contributed by atoms with Crippen LogP contribution in [0, 0.1) is 6.92 Å². The average Bonchev–Trinajstić information content (AvgIpc) is 2.30. The van der Waals surface area contributed by atoms with Gasteiger partial charge in [-0.2, -0.15) is 0 Å². The number of hydrogen-bond donors (Lipinski definition) is 1. The third-order valence-corrected chi connectivity index (χ3v) is 3.59. The Morgan fingerprint density at radius 3 is 2.71 bits per heavy atom. The number of aryl methyl sites for hydroxylation is 1. The quantitative estimate of drug-likeness (QED) is 0.671. The fourth-order valence-corrected chi connectivity index (χ4v) is 1.99. The van der Waals surface area contributed by atoms with Gasteiger partial charge in [0.15, 0.2) is 0 Å². The van der Waals surface area contributed by atoms with E-state index in [-0.39, 0.29) is 5.97 Å². The molecule has 0 saturated carbocycles. The number of halogens is 3. The lowest BCUT2D eigenvalue weighted by Crippen LogP contribution is -2.24. The summed E-state index contributed by atoms with van der Waals surface area (Å²) in [4.78, 5) is 10.7. The SMILES string of the molecule is COC(=O)C(Br)CNc1cc(Cl)c(C)cc1Cl. The van der Waals surface area contributed by atoms with Crippen molar-refractivity contribution in [1.29, 1.82) is 0 Å². The van der Waals surface area contributed by atoms with Gasteiger partial charge in [-0.15, -0.1) is 0 Å². The molecular formula is C11H12BrCl2NO2. The largest absolute Gasteiger partial charge is 0.468 e. The number of carbonyl (C=O) groups excluding carboxylic acids is 1. The Kier molecular flexibility index (Phi) is 5.56. The second-order valence-corrected chi connectivity index (χ2v) is 5.37. The Morgan fingerprint density at radius 2 is 2.12 bits per heavy atom. The van der Waals surface area contributed by atoms with Crippen molar-refractivity contribution in [2.75, 3.05) is 19.0 Å². The number of hydrogen-bond acceptors (Lipinski definition) is 3. The van der Waals surface area contributed by atoms with Crippen LogP contribution in [0.2, 0.25) is 10.0 Å². The van der Waals surface area contributed by atoms with E-state index in [1.54, 1.807) is 12.1 Å². The number of nitrogens with one attached hydrogen (secondary N) is 1. The van der Waals surface area contributed by atoms with E-state index >= 15 is 0 Å². The van der Waals surface area contributed by atoms with Crippen LogP contribution in [0.1, 0.15) is 5.56 Å². The first-order valence-electron chi connectivity index (χ1n) is 4.87. The zero-order valence-corrected chi connectivity index (χ0v) is 12.5. The second kappa shape index (κ2) is 6.47. The van der Waals surface area contributed by atoms with Gasteiger partial charge in [-0.1, -0.05) is 39.1 Å². The van der Waals surface area contributed by atoms with Gasteiger partial charge >= 0.3 is 5.97 Å². The van der Waals surface area contributed by atoms with Crippen LogP contribution in [0.15, 0.2) is 12.1 Å². The van der Waals surface area contributed by atoms with Gasteiger partial charge < -0.3 is 10.1 Å². The Morgan fingerprint density at radius 1 is 1.47 bits per heavy atom. The van der Waals surface area contributed by atoms with Crippen molar-refractivity contribution >= 4 is 50.8 Å². The summed E-state index contributed by atoms with van der Waals surface area (Å²) in [5.41, 5.74) is 1.60. The van der Waals surface area contributed by atoms with Crippen LogP contribution in [0.3, 0.4) is 0 Å². The Labute approximate surface area is 119 Å². The zero-order chi connectivity index (χ0) is 13.0. The minimum absolute atomic E-state index is 0.341. The highest BCUT2D eigenvalue weighted by Crippen LogP contribution is 2.28. The van der Waals surface area contributed by atoms with Crippen molar-refractivity contribution in [3.8, 4) is 0 Å². The van der Waals surface area contributed by atoms with Crippen LogP contribution in [0.4, 0.5) is 5.69 Å². The fraction of sp³-hybridized carbons (Fsp3) is 0.364. The van der Waals surface area contributed by atoms with E-state index in [1.807, 2.05) is 6.92 Å². The topological polar surface area (TPSA) is 38.3 Å². The Balaban J connectivity index is 2.70. The number of alkyl halides is 1. The van der Waals surface area contributed by atoms with E-state index < -0.39 is 4.83 Å². The fourth-order valence-electron chi connectivity index (χ4n) is 1.19. The first kappa shape index (κ1) is 14.6. The zero-order valence-electron chi connectivity index (χ0n) is 9.39. The molecule has 1 aromatic rings. The molecule has 0 aliphatic carbocycles. The third-order valence-electron chi connectivity index (χ3n) is 2.18. The minimum atomic E-state index is -0.427. The van der Waals surface area contributed by atoms with Crippen LogP contribution in [-0.4, -0.2) is 24.5 Å². The molecule has 1 N–H and O–H groups in total. The number of ether oxygens (including phenoxy) is 1. The van der Waals surface area contributed by atoms with Crippen molar-refractivity contribution in [2.24, 2.45) is 0 Å².